The zero-order valence-electron chi connectivity index (χ0n) is 14.7. The number of nitrogens with zero attached hydrogens (tertiary/aromatic N) is 3. The van der Waals surface area contributed by atoms with Crippen LogP contribution in [-0.4, -0.2) is 52.8 Å². The molecule has 0 atom stereocenters. The van der Waals surface area contributed by atoms with Crippen molar-refractivity contribution >= 4 is 35.6 Å². The van der Waals surface area contributed by atoms with Crippen molar-refractivity contribution in [1.82, 2.24) is 14.8 Å². The van der Waals surface area contributed by atoms with E-state index in [0.717, 1.165) is 17.0 Å². The second-order valence-electron chi connectivity index (χ2n) is 6.14. The van der Waals surface area contributed by atoms with E-state index in [4.69, 9.17) is 5.73 Å². The standard InChI is InChI=1S/C18H22N4O2S.ClH/c1-13-4-2-5-14(10-13)17(23)21-6-3-7-22(9-8-21)18(24)15-12-25-16(11-19)20-15;/h2,4-5,10,12H,3,6-9,11,19H2,1H3;1H. The molecule has 1 saturated heterocycles. The fourth-order valence-electron chi connectivity index (χ4n) is 2.95. The van der Waals surface area contributed by atoms with Crippen molar-refractivity contribution < 1.29 is 9.59 Å². The highest BCUT2D eigenvalue weighted by Gasteiger charge is 2.24. The van der Waals surface area contributed by atoms with Crippen LogP contribution in [-0.2, 0) is 6.54 Å². The number of nitrogens with two attached hydrogens (primary N) is 1. The van der Waals surface area contributed by atoms with Gasteiger partial charge in [0, 0.05) is 43.7 Å². The van der Waals surface area contributed by atoms with E-state index in [2.05, 4.69) is 4.98 Å². The van der Waals surface area contributed by atoms with Crippen molar-refractivity contribution in [2.75, 3.05) is 26.2 Å². The van der Waals surface area contributed by atoms with E-state index in [0.29, 0.717) is 44.0 Å². The van der Waals surface area contributed by atoms with Crippen LogP contribution in [0.5, 0.6) is 0 Å². The first kappa shape index (κ1) is 20.4. The Morgan fingerprint density at radius 3 is 2.46 bits per heavy atom. The lowest BCUT2D eigenvalue weighted by Crippen LogP contribution is -2.37. The van der Waals surface area contributed by atoms with E-state index in [9.17, 15) is 9.59 Å². The van der Waals surface area contributed by atoms with Crippen molar-refractivity contribution in [1.29, 1.82) is 0 Å². The highest BCUT2D eigenvalue weighted by atomic mass is 35.5. The first-order valence-corrected chi connectivity index (χ1v) is 9.26. The third-order valence-corrected chi connectivity index (χ3v) is 5.15. The second-order valence-corrected chi connectivity index (χ2v) is 7.08. The van der Waals surface area contributed by atoms with Crippen LogP contribution in [0, 0.1) is 6.92 Å². The van der Waals surface area contributed by atoms with E-state index >= 15 is 0 Å². The fraction of sp³-hybridized carbons (Fsp3) is 0.389. The lowest BCUT2D eigenvalue weighted by molar-refractivity contribution is 0.0716. The summed E-state index contributed by atoms with van der Waals surface area (Å²) in [6.45, 7) is 4.66. The number of benzene rings is 1. The van der Waals surface area contributed by atoms with Crippen LogP contribution < -0.4 is 5.73 Å². The fourth-order valence-corrected chi connectivity index (χ4v) is 3.60. The molecule has 1 aromatic carbocycles. The molecular formula is C18H23ClN4O2S. The summed E-state index contributed by atoms with van der Waals surface area (Å²) in [6.07, 6.45) is 0.761. The van der Waals surface area contributed by atoms with Crippen LogP contribution >= 0.6 is 23.7 Å². The predicted molar refractivity (Wildman–Crippen MR) is 105 cm³/mol. The summed E-state index contributed by atoms with van der Waals surface area (Å²) in [7, 11) is 0. The topological polar surface area (TPSA) is 79.5 Å². The number of aryl methyl sites for hydroxylation is 1. The molecule has 2 aromatic rings. The number of hydrogen-bond donors (Lipinski definition) is 1. The minimum absolute atomic E-state index is 0. The molecular weight excluding hydrogens is 372 g/mol. The number of rotatable bonds is 3. The third-order valence-electron chi connectivity index (χ3n) is 4.28. The minimum Gasteiger partial charge on any atom is -0.337 e. The van der Waals surface area contributed by atoms with Gasteiger partial charge in [-0.1, -0.05) is 17.7 Å². The molecule has 8 heteroatoms. The molecule has 140 valence electrons. The van der Waals surface area contributed by atoms with Crippen molar-refractivity contribution in [3.63, 3.8) is 0 Å². The van der Waals surface area contributed by atoms with E-state index in [1.54, 1.807) is 10.3 Å². The maximum atomic E-state index is 12.7. The van der Waals surface area contributed by atoms with Gasteiger partial charge in [0.05, 0.1) is 0 Å². The smallest absolute Gasteiger partial charge is 0.273 e. The molecule has 1 fully saturated rings. The summed E-state index contributed by atoms with van der Waals surface area (Å²) >= 11 is 1.40. The molecule has 3 rings (SSSR count). The summed E-state index contributed by atoms with van der Waals surface area (Å²) in [5, 5.41) is 2.51. The van der Waals surface area contributed by atoms with Gasteiger partial charge < -0.3 is 15.5 Å². The third kappa shape index (κ3) is 4.60. The summed E-state index contributed by atoms with van der Waals surface area (Å²) in [5.74, 6) is -0.0575. The Morgan fingerprint density at radius 2 is 1.85 bits per heavy atom. The van der Waals surface area contributed by atoms with Crippen molar-refractivity contribution in [2.45, 2.75) is 19.9 Å². The molecule has 1 aliphatic rings. The molecule has 0 bridgehead atoms. The van der Waals surface area contributed by atoms with E-state index < -0.39 is 0 Å². The van der Waals surface area contributed by atoms with E-state index in [-0.39, 0.29) is 24.2 Å². The number of carbonyl (C=O) groups excluding carboxylic acids is 2. The summed E-state index contributed by atoms with van der Waals surface area (Å²) in [4.78, 5) is 33.2. The SMILES string of the molecule is Cc1cccc(C(=O)N2CCCN(C(=O)c3csc(CN)n3)CC2)c1.Cl. The number of aromatic nitrogens is 1. The van der Waals surface area contributed by atoms with Gasteiger partial charge in [0.2, 0.25) is 0 Å². The molecule has 0 radical (unpaired) electrons. The van der Waals surface area contributed by atoms with E-state index in [1.165, 1.54) is 11.3 Å². The van der Waals surface area contributed by atoms with Crippen LogP contribution in [0.4, 0.5) is 0 Å². The van der Waals surface area contributed by atoms with Gasteiger partial charge in [0.15, 0.2) is 0 Å². The number of carbonyl (C=O) groups is 2. The van der Waals surface area contributed by atoms with Gasteiger partial charge in [-0.3, -0.25) is 9.59 Å². The maximum Gasteiger partial charge on any atom is 0.273 e. The number of hydrogen-bond acceptors (Lipinski definition) is 5. The molecule has 2 amide bonds. The Balaban J connectivity index is 0.00000243. The highest BCUT2D eigenvalue weighted by Crippen LogP contribution is 2.15. The molecule has 0 unspecified atom stereocenters. The largest absolute Gasteiger partial charge is 0.337 e. The van der Waals surface area contributed by atoms with Crippen molar-refractivity contribution in [3.05, 3.63) is 51.5 Å². The first-order chi connectivity index (χ1) is 12.1. The van der Waals surface area contributed by atoms with Crippen molar-refractivity contribution in [3.8, 4) is 0 Å². The Labute approximate surface area is 163 Å². The number of halogens is 1. The number of amides is 2. The monoisotopic (exact) mass is 394 g/mol. The van der Waals surface area contributed by atoms with E-state index in [1.807, 2.05) is 36.1 Å². The first-order valence-electron chi connectivity index (χ1n) is 8.38. The second kappa shape index (κ2) is 9.12. The van der Waals surface area contributed by atoms with Gasteiger partial charge >= 0.3 is 0 Å². The van der Waals surface area contributed by atoms with Gasteiger partial charge in [0.25, 0.3) is 11.8 Å². The molecule has 0 saturated carbocycles. The summed E-state index contributed by atoms with van der Waals surface area (Å²) in [6, 6.07) is 7.61. The van der Waals surface area contributed by atoms with Crippen molar-refractivity contribution in [2.24, 2.45) is 5.73 Å². The van der Waals surface area contributed by atoms with Crippen LogP contribution in [0.3, 0.4) is 0 Å². The molecule has 26 heavy (non-hydrogen) atoms. The average molecular weight is 395 g/mol. The van der Waals surface area contributed by atoms with Crippen LogP contribution in [0.2, 0.25) is 0 Å². The molecule has 1 aliphatic heterocycles. The highest BCUT2D eigenvalue weighted by molar-refractivity contribution is 7.09. The molecule has 1 aromatic heterocycles. The predicted octanol–water partition coefficient (Wildman–Crippen LogP) is 2.32. The molecule has 2 heterocycles. The molecule has 2 N–H and O–H groups in total. The molecule has 6 nitrogen and oxygen atoms in total. The van der Waals surface area contributed by atoms with Gasteiger partial charge in [-0.15, -0.1) is 23.7 Å². The summed E-state index contributed by atoms with van der Waals surface area (Å²) in [5.41, 5.74) is 7.78. The van der Waals surface area contributed by atoms with Crippen LogP contribution in [0.25, 0.3) is 0 Å². The van der Waals surface area contributed by atoms with Gasteiger partial charge in [-0.2, -0.15) is 0 Å². The summed E-state index contributed by atoms with van der Waals surface area (Å²) < 4.78 is 0. The number of thiazole rings is 1. The molecule has 0 spiro atoms. The lowest BCUT2D eigenvalue weighted by atomic mass is 10.1. The minimum atomic E-state index is -0.0826. The lowest BCUT2D eigenvalue weighted by Gasteiger charge is -2.22. The van der Waals surface area contributed by atoms with Crippen LogP contribution in [0.1, 0.15) is 37.8 Å². The van der Waals surface area contributed by atoms with Gasteiger partial charge in [-0.25, -0.2) is 4.98 Å². The zero-order chi connectivity index (χ0) is 17.8. The quantitative estimate of drug-likeness (QED) is 0.866. The Bertz CT molecular complexity index is 780. The van der Waals surface area contributed by atoms with Crippen LogP contribution in [0.15, 0.2) is 29.6 Å². The Kier molecular flexibility index (Phi) is 7.14. The van der Waals surface area contributed by atoms with Gasteiger partial charge in [-0.05, 0) is 25.5 Å². The zero-order valence-corrected chi connectivity index (χ0v) is 16.3. The molecule has 0 aliphatic carbocycles. The average Bonchev–Trinajstić information content (AvgIpc) is 2.97. The Morgan fingerprint density at radius 1 is 1.15 bits per heavy atom. The maximum absolute atomic E-state index is 12.7. The van der Waals surface area contributed by atoms with Gasteiger partial charge in [0.1, 0.15) is 10.7 Å². The Hall–Kier alpha value is -1.96. The normalized spacial score (nSPS) is 14.5.